The average Bonchev–Trinajstić information content (AvgIpc) is 3.33. The van der Waals surface area contributed by atoms with Crippen LogP contribution in [0.5, 0.6) is 0 Å². The number of nitrogens with zero attached hydrogens (tertiary/aromatic N) is 1. The molecule has 6 nitrogen and oxygen atoms in total. The quantitative estimate of drug-likeness (QED) is 0.764. The van der Waals surface area contributed by atoms with Gasteiger partial charge >= 0.3 is 12.0 Å². The molecule has 1 N–H and O–H groups in total. The summed E-state index contributed by atoms with van der Waals surface area (Å²) in [5.41, 5.74) is 1.69. The van der Waals surface area contributed by atoms with E-state index in [0.717, 1.165) is 12.8 Å². The Hall–Kier alpha value is -2.76. The van der Waals surface area contributed by atoms with Gasteiger partial charge in [-0.15, -0.1) is 0 Å². The molecule has 150 valence electrons. The molecule has 2 aromatic rings. The summed E-state index contributed by atoms with van der Waals surface area (Å²) in [5, 5.41) is 3.09. The Morgan fingerprint density at radius 3 is 2.54 bits per heavy atom. The van der Waals surface area contributed by atoms with E-state index in [1.807, 2.05) is 6.07 Å². The van der Waals surface area contributed by atoms with Crippen molar-refractivity contribution in [3.8, 4) is 0 Å². The van der Waals surface area contributed by atoms with E-state index in [4.69, 9.17) is 9.15 Å². The van der Waals surface area contributed by atoms with Crippen molar-refractivity contribution in [3.05, 3.63) is 59.0 Å². The second kappa shape index (κ2) is 8.50. The van der Waals surface area contributed by atoms with Crippen molar-refractivity contribution in [1.29, 1.82) is 0 Å². The van der Waals surface area contributed by atoms with Crippen LogP contribution < -0.4 is 5.32 Å². The monoisotopic (exact) mass is 384 g/mol. The molecular weight excluding hydrogens is 356 g/mol. The molecule has 0 bridgehead atoms. The van der Waals surface area contributed by atoms with Crippen LogP contribution in [0.3, 0.4) is 0 Å². The van der Waals surface area contributed by atoms with Crippen LogP contribution >= 0.6 is 0 Å². The largest absolute Gasteiger partial charge is 0.465 e. The molecule has 1 fully saturated rings. The van der Waals surface area contributed by atoms with E-state index in [0.29, 0.717) is 23.6 Å². The number of nitrogens with one attached hydrogen (secondary N) is 1. The van der Waals surface area contributed by atoms with Gasteiger partial charge in [0.25, 0.3) is 0 Å². The van der Waals surface area contributed by atoms with Gasteiger partial charge < -0.3 is 19.4 Å². The lowest BCUT2D eigenvalue weighted by atomic mass is 9.79. The van der Waals surface area contributed by atoms with Crippen molar-refractivity contribution in [2.24, 2.45) is 0 Å². The number of furan rings is 1. The fourth-order valence-corrected chi connectivity index (χ4v) is 4.03. The van der Waals surface area contributed by atoms with Crippen molar-refractivity contribution >= 4 is 12.0 Å². The molecule has 1 heterocycles. The molecule has 0 saturated heterocycles. The predicted molar refractivity (Wildman–Crippen MR) is 106 cm³/mol. The zero-order valence-electron chi connectivity index (χ0n) is 16.8. The first kappa shape index (κ1) is 20.0. The highest BCUT2D eigenvalue weighted by Crippen LogP contribution is 2.40. The lowest BCUT2D eigenvalue weighted by Gasteiger charge is -2.31. The fourth-order valence-electron chi connectivity index (χ4n) is 4.03. The molecule has 1 aromatic heterocycles. The SMILES string of the molecule is COC(=O)c1cc(CN(C)C(=O)NCC2(c3ccccc3)CCCC2)oc1C. The molecule has 3 rings (SSSR count). The normalized spacial score (nSPS) is 15.2. The number of benzene rings is 1. The molecule has 1 saturated carbocycles. The first-order valence-corrected chi connectivity index (χ1v) is 9.67. The van der Waals surface area contributed by atoms with Gasteiger partial charge in [0.05, 0.1) is 13.7 Å². The third-order valence-corrected chi connectivity index (χ3v) is 5.64. The summed E-state index contributed by atoms with van der Waals surface area (Å²) in [7, 11) is 3.05. The average molecular weight is 384 g/mol. The number of esters is 1. The minimum Gasteiger partial charge on any atom is -0.465 e. The zero-order chi connectivity index (χ0) is 20.1. The van der Waals surface area contributed by atoms with Crippen molar-refractivity contribution in [2.45, 2.75) is 44.6 Å². The number of carbonyl (C=O) groups is 2. The third-order valence-electron chi connectivity index (χ3n) is 5.64. The van der Waals surface area contributed by atoms with E-state index in [2.05, 4.69) is 29.6 Å². The maximum Gasteiger partial charge on any atom is 0.341 e. The lowest BCUT2D eigenvalue weighted by molar-refractivity contribution is 0.0598. The number of hydrogen-bond donors (Lipinski definition) is 1. The Morgan fingerprint density at radius 1 is 1.21 bits per heavy atom. The Labute approximate surface area is 165 Å². The van der Waals surface area contributed by atoms with Gasteiger partial charge in [0.2, 0.25) is 0 Å². The summed E-state index contributed by atoms with van der Waals surface area (Å²) in [6.07, 6.45) is 4.53. The van der Waals surface area contributed by atoms with Crippen LogP contribution in [-0.2, 0) is 16.7 Å². The summed E-state index contributed by atoms with van der Waals surface area (Å²) >= 11 is 0. The molecule has 0 radical (unpaired) electrons. The second-order valence-electron chi connectivity index (χ2n) is 7.54. The van der Waals surface area contributed by atoms with Crippen LogP contribution in [0.4, 0.5) is 4.79 Å². The molecule has 1 aliphatic rings. The minimum atomic E-state index is -0.439. The Balaban J connectivity index is 1.62. The van der Waals surface area contributed by atoms with Crippen molar-refractivity contribution in [1.82, 2.24) is 10.2 Å². The number of rotatable bonds is 6. The smallest absolute Gasteiger partial charge is 0.341 e. The summed E-state index contributed by atoms with van der Waals surface area (Å²) in [5.74, 6) is 0.601. The first-order chi connectivity index (χ1) is 13.4. The molecule has 1 aliphatic carbocycles. The standard InChI is InChI=1S/C22H28N2O4/c1-16-19(20(25)27-3)13-18(28-16)14-24(2)21(26)23-15-22(11-7-8-12-22)17-9-5-4-6-10-17/h4-6,9-10,13H,7-8,11-12,14-15H2,1-3H3,(H,23,26). The van der Waals surface area contributed by atoms with Gasteiger partial charge in [-0.1, -0.05) is 43.2 Å². The van der Waals surface area contributed by atoms with E-state index >= 15 is 0 Å². The Morgan fingerprint density at radius 2 is 1.89 bits per heavy atom. The molecule has 28 heavy (non-hydrogen) atoms. The second-order valence-corrected chi connectivity index (χ2v) is 7.54. The number of hydrogen-bond acceptors (Lipinski definition) is 4. The maximum absolute atomic E-state index is 12.6. The number of amides is 2. The highest BCUT2D eigenvalue weighted by atomic mass is 16.5. The molecule has 0 unspecified atom stereocenters. The minimum absolute atomic E-state index is 0.0110. The van der Waals surface area contributed by atoms with Gasteiger partial charge in [-0.2, -0.15) is 0 Å². The van der Waals surface area contributed by atoms with Crippen LogP contribution in [0.25, 0.3) is 0 Å². The summed E-state index contributed by atoms with van der Waals surface area (Å²) in [6, 6.07) is 11.9. The van der Waals surface area contributed by atoms with Gasteiger partial charge in [-0.25, -0.2) is 9.59 Å². The van der Waals surface area contributed by atoms with E-state index in [-0.39, 0.29) is 18.0 Å². The van der Waals surface area contributed by atoms with E-state index in [1.54, 1.807) is 24.9 Å². The fraction of sp³-hybridized carbons (Fsp3) is 0.455. The van der Waals surface area contributed by atoms with Crippen molar-refractivity contribution in [3.63, 3.8) is 0 Å². The van der Waals surface area contributed by atoms with Gasteiger partial charge in [0.1, 0.15) is 17.1 Å². The zero-order valence-corrected chi connectivity index (χ0v) is 16.8. The molecule has 1 aromatic carbocycles. The topological polar surface area (TPSA) is 71.8 Å². The first-order valence-electron chi connectivity index (χ1n) is 9.67. The number of urea groups is 1. The summed E-state index contributed by atoms with van der Waals surface area (Å²) in [6.45, 7) is 2.60. The van der Waals surface area contributed by atoms with E-state index < -0.39 is 5.97 Å². The van der Waals surface area contributed by atoms with Crippen molar-refractivity contribution in [2.75, 3.05) is 20.7 Å². The number of carbonyl (C=O) groups excluding carboxylic acids is 2. The number of aryl methyl sites for hydroxylation is 1. The number of ether oxygens (including phenoxy) is 1. The van der Waals surface area contributed by atoms with Gasteiger partial charge in [0.15, 0.2) is 0 Å². The molecule has 6 heteroatoms. The Kier molecular flexibility index (Phi) is 6.07. The van der Waals surface area contributed by atoms with Crippen LogP contribution in [-0.4, -0.2) is 37.6 Å². The highest BCUT2D eigenvalue weighted by molar-refractivity contribution is 5.90. The molecular formula is C22H28N2O4. The van der Waals surface area contributed by atoms with Crippen LogP contribution in [0.2, 0.25) is 0 Å². The van der Waals surface area contributed by atoms with Gasteiger partial charge in [-0.05, 0) is 31.4 Å². The van der Waals surface area contributed by atoms with E-state index in [9.17, 15) is 9.59 Å². The Bertz CT molecular complexity index is 822. The van der Waals surface area contributed by atoms with E-state index in [1.165, 1.54) is 25.5 Å². The van der Waals surface area contributed by atoms with Crippen LogP contribution in [0.1, 0.15) is 53.1 Å². The van der Waals surface area contributed by atoms with Crippen LogP contribution in [0, 0.1) is 6.92 Å². The molecule has 0 aliphatic heterocycles. The third kappa shape index (κ3) is 4.21. The predicted octanol–water partition coefficient (Wildman–Crippen LogP) is 4.03. The maximum atomic E-state index is 12.6. The number of methoxy groups -OCH3 is 1. The summed E-state index contributed by atoms with van der Waals surface area (Å²) in [4.78, 5) is 25.9. The summed E-state index contributed by atoms with van der Waals surface area (Å²) < 4.78 is 10.3. The molecule has 0 spiro atoms. The molecule has 0 atom stereocenters. The van der Waals surface area contributed by atoms with Gasteiger partial charge in [0, 0.05) is 19.0 Å². The lowest BCUT2D eigenvalue weighted by Crippen LogP contribution is -2.44. The van der Waals surface area contributed by atoms with Gasteiger partial charge in [-0.3, -0.25) is 0 Å². The molecule has 2 amide bonds. The van der Waals surface area contributed by atoms with Crippen LogP contribution in [0.15, 0.2) is 40.8 Å². The highest BCUT2D eigenvalue weighted by Gasteiger charge is 2.36. The van der Waals surface area contributed by atoms with Crippen molar-refractivity contribution < 1.29 is 18.7 Å².